The summed E-state index contributed by atoms with van der Waals surface area (Å²) in [5.74, 6) is 0.140. The molecule has 4 nitrogen and oxygen atoms in total. The van der Waals surface area contributed by atoms with Gasteiger partial charge < -0.3 is 0 Å². The summed E-state index contributed by atoms with van der Waals surface area (Å²) in [6.45, 7) is 0.0822. The van der Waals surface area contributed by atoms with Crippen LogP contribution in [-0.2, 0) is 0 Å². The van der Waals surface area contributed by atoms with Gasteiger partial charge in [0.2, 0.25) is 0 Å². The third-order valence-electron chi connectivity index (χ3n) is 3.02. The van der Waals surface area contributed by atoms with Crippen molar-refractivity contribution >= 4 is 11.5 Å². The van der Waals surface area contributed by atoms with Crippen LogP contribution in [0.25, 0.3) is 5.70 Å². The number of fused-ring (bicyclic) bond motifs is 1. The normalized spacial score (nSPS) is 14.7. The molecule has 2 aromatic rings. The monoisotopic (exact) mass is 251 g/mol. The molecule has 0 radical (unpaired) electrons. The van der Waals surface area contributed by atoms with Crippen LogP contribution in [-0.4, -0.2) is 22.7 Å². The lowest BCUT2D eigenvalue weighted by Crippen LogP contribution is -2.31. The maximum Gasteiger partial charge on any atom is 0.143 e. The molecule has 3 rings (SSSR count). The first-order valence-corrected chi connectivity index (χ1v) is 6.03. The van der Waals surface area contributed by atoms with E-state index in [1.165, 1.54) is 0 Å². The number of hydrogen-bond acceptors (Lipinski definition) is 3. The molecular weight excluding hydrogens is 238 g/mol. The molecule has 0 amide bonds. The largest absolute Gasteiger partial charge is 0.288 e. The summed E-state index contributed by atoms with van der Waals surface area (Å²) < 4.78 is 0. The number of nitrogens with one attached hydrogen (secondary N) is 1. The first-order chi connectivity index (χ1) is 9.25. The Bertz CT molecular complexity index is 737. The second-order valence-corrected chi connectivity index (χ2v) is 4.35. The maximum atomic E-state index is 10.2. The molecule has 19 heavy (non-hydrogen) atoms. The van der Waals surface area contributed by atoms with Crippen LogP contribution in [0.5, 0.6) is 0 Å². The molecule has 4 heteroatoms. The highest BCUT2D eigenvalue weighted by Gasteiger charge is 2.15. The Kier molecular flexibility index (Phi) is 2.85. The van der Waals surface area contributed by atoms with Crippen LogP contribution in [0.15, 0.2) is 59.6 Å². The molecule has 2 aromatic carbocycles. The number of amidine groups is 1. The average molecular weight is 251 g/mol. The van der Waals surface area contributed by atoms with Crippen LogP contribution in [0.4, 0.5) is 0 Å². The van der Waals surface area contributed by atoms with E-state index in [9.17, 15) is 5.21 Å². The predicted molar refractivity (Wildman–Crippen MR) is 72.4 cm³/mol. The van der Waals surface area contributed by atoms with Crippen LogP contribution in [0.2, 0.25) is 0 Å². The minimum atomic E-state index is 0.0822. The van der Waals surface area contributed by atoms with Crippen LogP contribution in [0.3, 0.4) is 0 Å². The molecule has 0 saturated heterocycles. The minimum absolute atomic E-state index is 0.0822. The van der Waals surface area contributed by atoms with Gasteiger partial charge in [0.25, 0.3) is 0 Å². The van der Waals surface area contributed by atoms with Gasteiger partial charge in [-0.05, 0) is 6.07 Å². The Labute approximate surface area is 110 Å². The molecule has 1 aliphatic heterocycles. The molecule has 0 spiro atoms. The Morgan fingerprint density at radius 1 is 1.00 bits per heavy atom. The van der Waals surface area contributed by atoms with Gasteiger partial charge in [-0.1, -0.05) is 48.5 Å². The summed E-state index contributed by atoms with van der Waals surface area (Å²) in [7, 11) is 0. The Morgan fingerprint density at radius 3 is 2.47 bits per heavy atom. The third kappa shape index (κ3) is 2.13. The van der Waals surface area contributed by atoms with Crippen molar-refractivity contribution in [3.05, 3.63) is 70.7 Å². The Morgan fingerprint density at radius 2 is 1.68 bits per heavy atom. The second kappa shape index (κ2) is 4.66. The zero-order valence-corrected chi connectivity index (χ0v) is 10.2. The highest BCUT2D eigenvalue weighted by atomic mass is 16.5. The third-order valence-corrected chi connectivity index (χ3v) is 3.02. The standard InChI is InChI=1S/C15H13N3O/c16-14-10-18(19)15(11-6-2-1-3-7-11)12-8-4-5-9-13(12)17-14/h1-9,16,19H,10H2. The first-order valence-electron chi connectivity index (χ1n) is 6.03. The fourth-order valence-corrected chi connectivity index (χ4v) is 2.21. The molecule has 0 bridgehead atoms. The fraction of sp³-hybridized carbons (Fsp3) is 0.0667. The molecule has 0 saturated carbocycles. The predicted octanol–water partition coefficient (Wildman–Crippen LogP) is 1.14. The highest BCUT2D eigenvalue weighted by Crippen LogP contribution is 2.14. The minimum Gasteiger partial charge on any atom is -0.288 e. The quantitative estimate of drug-likeness (QED) is 0.798. The summed E-state index contributed by atoms with van der Waals surface area (Å²) in [6, 6.07) is 17.2. The first kappa shape index (κ1) is 11.6. The van der Waals surface area contributed by atoms with Gasteiger partial charge in [-0.25, -0.2) is 10.1 Å². The van der Waals surface area contributed by atoms with Crippen molar-refractivity contribution in [1.29, 1.82) is 5.41 Å². The number of benzene rings is 2. The lowest BCUT2D eigenvalue weighted by atomic mass is 10.1. The van der Waals surface area contributed by atoms with Gasteiger partial charge in [0, 0.05) is 10.8 Å². The van der Waals surface area contributed by atoms with Gasteiger partial charge in [0.1, 0.15) is 12.4 Å². The van der Waals surface area contributed by atoms with Crippen molar-refractivity contribution in [2.24, 2.45) is 4.99 Å². The average Bonchev–Trinajstić information content (AvgIpc) is 2.54. The topological polar surface area (TPSA) is 59.7 Å². The summed E-state index contributed by atoms with van der Waals surface area (Å²) in [5.41, 5.74) is 1.59. The van der Waals surface area contributed by atoms with E-state index < -0.39 is 0 Å². The maximum absolute atomic E-state index is 10.2. The highest BCUT2D eigenvalue weighted by molar-refractivity contribution is 5.84. The summed E-state index contributed by atoms with van der Waals surface area (Å²) in [4.78, 5) is 4.23. The fourth-order valence-electron chi connectivity index (χ4n) is 2.21. The number of rotatable bonds is 1. The molecule has 0 aliphatic carbocycles. The Hall–Kier alpha value is -2.46. The molecule has 2 N–H and O–H groups in total. The molecule has 0 aromatic heterocycles. The zero-order valence-electron chi connectivity index (χ0n) is 10.2. The number of nitrogens with zero attached hydrogens (tertiary/aromatic N) is 2. The Balaban J connectivity index is 2.40. The van der Waals surface area contributed by atoms with Crippen molar-refractivity contribution in [3.63, 3.8) is 0 Å². The van der Waals surface area contributed by atoms with Crippen molar-refractivity contribution in [2.45, 2.75) is 0 Å². The van der Waals surface area contributed by atoms with Crippen molar-refractivity contribution in [2.75, 3.05) is 6.54 Å². The lowest BCUT2D eigenvalue weighted by Gasteiger charge is -2.18. The van der Waals surface area contributed by atoms with Gasteiger partial charge in [0.15, 0.2) is 0 Å². The van der Waals surface area contributed by atoms with E-state index in [4.69, 9.17) is 5.41 Å². The molecule has 94 valence electrons. The van der Waals surface area contributed by atoms with E-state index in [1.54, 1.807) is 0 Å². The van der Waals surface area contributed by atoms with Crippen LogP contribution >= 0.6 is 0 Å². The summed E-state index contributed by atoms with van der Waals surface area (Å²) >= 11 is 0. The number of hydrogen-bond donors (Lipinski definition) is 2. The van der Waals surface area contributed by atoms with Crippen LogP contribution in [0.1, 0.15) is 5.56 Å². The van der Waals surface area contributed by atoms with E-state index >= 15 is 0 Å². The van der Waals surface area contributed by atoms with Gasteiger partial charge in [-0.2, -0.15) is 0 Å². The van der Waals surface area contributed by atoms with Gasteiger partial charge in [0.05, 0.1) is 11.1 Å². The molecule has 1 aliphatic rings. The molecule has 0 fully saturated rings. The number of para-hydroxylation sites is 1. The molecule has 0 atom stereocenters. The summed E-state index contributed by atoms with van der Waals surface area (Å²) in [5, 5.41) is 20.6. The molecule has 0 unspecified atom stereocenters. The lowest BCUT2D eigenvalue weighted by molar-refractivity contribution is -0.0121. The van der Waals surface area contributed by atoms with Crippen LogP contribution in [0, 0.1) is 5.41 Å². The van der Waals surface area contributed by atoms with E-state index in [0.29, 0.717) is 11.1 Å². The molecule has 1 heterocycles. The summed E-state index contributed by atoms with van der Waals surface area (Å²) in [6.07, 6.45) is 0. The van der Waals surface area contributed by atoms with Crippen LogP contribution < -0.4 is 10.6 Å². The van der Waals surface area contributed by atoms with E-state index in [1.807, 2.05) is 54.6 Å². The number of hydroxylamine groups is 2. The van der Waals surface area contributed by atoms with E-state index in [-0.39, 0.29) is 12.4 Å². The van der Waals surface area contributed by atoms with Crippen molar-refractivity contribution < 1.29 is 5.21 Å². The van der Waals surface area contributed by atoms with Gasteiger partial charge in [-0.15, -0.1) is 0 Å². The van der Waals surface area contributed by atoms with Gasteiger partial charge in [-0.3, -0.25) is 10.6 Å². The van der Waals surface area contributed by atoms with Crippen molar-refractivity contribution in [1.82, 2.24) is 5.06 Å². The smallest absolute Gasteiger partial charge is 0.143 e. The van der Waals surface area contributed by atoms with E-state index in [0.717, 1.165) is 15.8 Å². The zero-order chi connectivity index (χ0) is 13.2. The van der Waals surface area contributed by atoms with E-state index in [2.05, 4.69) is 4.99 Å². The van der Waals surface area contributed by atoms with Gasteiger partial charge >= 0.3 is 0 Å². The second-order valence-electron chi connectivity index (χ2n) is 4.35. The molecular formula is C15H13N3O. The van der Waals surface area contributed by atoms with Crippen molar-refractivity contribution in [3.8, 4) is 0 Å². The SMILES string of the molecule is N=C1CN(O)C(c2ccccc2)=c2ccccc2=N1.